The van der Waals surface area contributed by atoms with Gasteiger partial charge in [-0.2, -0.15) is 6.42 Å². The van der Waals surface area contributed by atoms with Gasteiger partial charge in [0.25, 0.3) is 0 Å². The Bertz CT molecular complexity index is 44.8. The molecule has 0 fully saturated rings. The normalized spacial score (nSPS) is 9.27. The van der Waals surface area contributed by atoms with E-state index in [9.17, 15) is 0 Å². The summed E-state index contributed by atoms with van der Waals surface area (Å²) in [5.74, 6) is 0. The van der Waals surface area contributed by atoms with Crippen LogP contribution in [0.2, 0.25) is 0 Å². The number of unbranched alkanes of at least 4 members (excludes halogenated alkanes) is 7. The van der Waals surface area contributed by atoms with E-state index in [2.05, 4.69) is 13.8 Å². The molecular formula is C10H22Ni-. The zero-order valence-electron chi connectivity index (χ0n) is 7.70. The first-order chi connectivity index (χ1) is 4.91. The molecule has 0 N–H and O–H groups in total. The van der Waals surface area contributed by atoms with Gasteiger partial charge >= 0.3 is 16.5 Å². The van der Waals surface area contributed by atoms with Gasteiger partial charge in [0, 0.05) is 0 Å². The number of rotatable bonds is 7. The predicted molar refractivity (Wildman–Crippen MR) is 49.4 cm³/mol. The van der Waals surface area contributed by atoms with Crippen LogP contribution in [0.3, 0.4) is 0 Å². The average molecular weight is 201 g/mol. The Hall–Kier alpha value is 0.494. The Morgan fingerprint density at radius 2 is 1.27 bits per heavy atom. The van der Waals surface area contributed by atoms with Crippen molar-refractivity contribution in [3.8, 4) is 0 Å². The van der Waals surface area contributed by atoms with Crippen LogP contribution in [0.15, 0.2) is 0 Å². The molecule has 0 spiro atoms. The van der Waals surface area contributed by atoms with Crippen molar-refractivity contribution in [2.24, 2.45) is 0 Å². The summed E-state index contributed by atoms with van der Waals surface area (Å²) in [4.78, 5) is 0. The third kappa shape index (κ3) is 13.5. The zero-order chi connectivity index (χ0) is 7.66. The third-order valence-electron chi connectivity index (χ3n) is 1.85. The van der Waals surface area contributed by atoms with Crippen LogP contribution in [0.4, 0.5) is 0 Å². The molecule has 0 saturated heterocycles. The van der Waals surface area contributed by atoms with E-state index in [4.69, 9.17) is 0 Å². The monoisotopic (exact) mass is 200 g/mol. The van der Waals surface area contributed by atoms with Gasteiger partial charge in [-0.15, -0.1) is 0 Å². The van der Waals surface area contributed by atoms with Crippen molar-refractivity contribution in [2.45, 2.75) is 58.3 Å². The van der Waals surface area contributed by atoms with E-state index in [0.29, 0.717) is 0 Å². The van der Waals surface area contributed by atoms with Crippen LogP contribution >= 0.6 is 0 Å². The van der Waals surface area contributed by atoms with Crippen LogP contribution < -0.4 is 0 Å². The van der Waals surface area contributed by atoms with E-state index in [1.54, 1.807) is 0 Å². The quantitative estimate of drug-likeness (QED) is 0.334. The van der Waals surface area contributed by atoms with E-state index >= 15 is 0 Å². The van der Waals surface area contributed by atoms with Crippen LogP contribution in [0.5, 0.6) is 0 Å². The van der Waals surface area contributed by atoms with Gasteiger partial charge in [0.05, 0.1) is 0 Å². The van der Waals surface area contributed by atoms with E-state index in [0.717, 1.165) is 6.42 Å². The van der Waals surface area contributed by atoms with Crippen LogP contribution in [0.25, 0.3) is 0 Å². The molecule has 0 aromatic rings. The summed E-state index contributed by atoms with van der Waals surface area (Å²) in [6.07, 6.45) is 10.9. The Labute approximate surface area is 82.1 Å². The van der Waals surface area contributed by atoms with Crippen LogP contribution in [0.1, 0.15) is 58.3 Å². The molecule has 0 aliphatic heterocycles. The minimum absolute atomic E-state index is 0. The van der Waals surface area contributed by atoms with Crippen molar-refractivity contribution in [3.05, 3.63) is 6.92 Å². The topological polar surface area (TPSA) is 0 Å². The summed E-state index contributed by atoms with van der Waals surface area (Å²) in [6.45, 7) is 6.08. The molecule has 0 radical (unpaired) electrons. The van der Waals surface area contributed by atoms with E-state index in [1.807, 2.05) is 0 Å². The molecule has 0 amide bonds. The van der Waals surface area contributed by atoms with Gasteiger partial charge in [-0.3, -0.25) is 0 Å². The molecule has 0 nitrogen and oxygen atoms in total. The van der Waals surface area contributed by atoms with Gasteiger partial charge in [0.1, 0.15) is 0 Å². The molecule has 11 heavy (non-hydrogen) atoms. The van der Waals surface area contributed by atoms with Gasteiger partial charge in [-0.05, 0) is 0 Å². The van der Waals surface area contributed by atoms with Gasteiger partial charge < -0.3 is 6.92 Å². The van der Waals surface area contributed by atoms with Crippen LogP contribution in [0, 0.1) is 6.92 Å². The van der Waals surface area contributed by atoms with Gasteiger partial charge in [-0.1, -0.05) is 51.9 Å². The second kappa shape index (κ2) is 13.1. The summed E-state index contributed by atoms with van der Waals surface area (Å²) >= 11 is 0. The SMILES string of the molecule is [CH2-]CCCCCCCCC.[NiH]. The van der Waals surface area contributed by atoms with E-state index in [1.165, 1.54) is 44.9 Å². The first kappa shape index (κ1) is 14.0. The Kier molecular flexibility index (Phi) is 16.7. The fourth-order valence-corrected chi connectivity index (χ4v) is 1.13. The summed E-state index contributed by atoms with van der Waals surface area (Å²) in [5.41, 5.74) is 0. The minimum atomic E-state index is 0. The third-order valence-corrected chi connectivity index (χ3v) is 1.85. The molecular weight excluding hydrogens is 179 g/mol. The maximum atomic E-state index is 3.82. The standard InChI is InChI=1S/C10H21.Ni.H/c1-3-5-7-9-10-8-6-4-2;;/h1,3-10H2,2H3;;/q-1;;. The van der Waals surface area contributed by atoms with Crippen molar-refractivity contribution in [1.82, 2.24) is 0 Å². The van der Waals surface area contributed by atoms with Crippen molar-refractivity contribution in [2.75, 3.05) is 0 Å². The fourth-order valence-electron chi connectivity index (χ4n) is 1.13. The second-order valence-electron chi connectivity index (χ2n) is 2.97. The summed E-state index contributed by atoms with van der Waals surface area (Å²) in [7, 11) is 0. The first-order valence-corrected chi connectivity index (χ1v) is 4.71. The molecule has 73 valence electrons. The van der Waals surface area contributed by atoms with Crippen molar-refractivity contribution >= 4 is 0 Å². The van der Waals surface area contributed by atoms with E-state index in [-0.39, 0.29) is 16.5 Å². The molecule has 0 unspecified atom stereocenters. The summed E-state index contributed by atoms with van der Waals surface area (Å²) in [5, 5.41) is 0. The molecule has 0 atom stereocenters. The average Bonchev–Trinajstić information content (AvgIpc) is 1.97. The van der Waals surface area contributed by atoms with Gasteiger partial charge in [0.15, 0.2) is 0 Å². The second-order valence-corrected chi connectivity index (χ2v) is 2.97. The van der Waals surface area contributed by atoms with Crippen molar-refractivity contribution in [1.29, 1.82) is 0 Å². The molecule has 0 aliphatic carbocycles. The van der Waals surface area contributed by atoms with Gasteiger partial charge in [0.2, 0.25) is 0 Å². The molecule has 0 heterocycles. The fraction of sp³-hybridized carbons (Fsp3) is 0.900. The molecule has 0 aromatic carbocycles. The van der Waals surface area contributed by atoms with Crippen LogP contribution in [-0.4, -0.2) is 0 Å². The van der Waals surface area contributed by atoms with Gasteiger partial charge in [-0.25, -0.2) is 0 Å². The first-order valence-electron chi connectivity index (χ1n) is 4.71. The molecule has 0 saturated carbocycles. The van der Waals surface area contributed by atoms with Crippen LogP contribution in [-0.2, 0) is 16.5 Å². The number of hydrogen-bond donors (Lipinski definition) is 0. The Morgan fingerprint density at radius 1 is 0.818 bits per heavy atom. The molecule has 0 aliphatic rings. The van der Waals surface area contributed by atoms with Crippen molar-refractivity contribution in [3.63, 3.8) is 0 Å². The maximum absolute atomic E-state index is 3.82. The van der Waals surface area contributed by atoms with E-state index < -0.39 is 0 Å². The van der Waals surface area contributed by atoms with Crippen molar-refractivity contribution < 1.29 is 16.5 Å². The Morgan fingerprint density at radius 3 is 1.73 bits per heavy atom. The zero-order valence-corrected chi connectivity index (χ0v) is 8.74. The Balaban J connectivity index is 0. The molecule has 1 heteroatoms. The summed E-state index contributed by atoms with van der Waals surface area (Å²) < 4.78 is 0. The number of hydrogen-bond acceptors (Lipinski definition) is 0. The molecule has 0 aromatic heterocycles. The molecule has 0 rings (SSSR count). The molecule has 0 bridgehead atoms. The predicted octanol–water partition coefficient (Wildman–Crippen LogP) is 3.69. The summed E-state index contributed by atoms with van der Waals surface area (Å²) in [6, 6.07) is 0.